The van der Waals surface area contributed by atoms with Gasteiger partial charge in [-0.05, 0) is 39.0 Å². The lowest BCUT2D eigenvalue weighted by Gasteiger charge is -2.27. The van der Waals surface area contributed by atoms with Gasteiger partial charge in [-0.3, -0.25) is 14.4 Å². The highest BCUT2D eigenvalue weighted by atomic mass is 16.3. The predicted octanol–water partition coefficient (Wildman–Crippen LogP) is 2.49. The molecule has 2 amide bonds. The number of anilines is 2. The first kappa shape index (κ1) is 20.3. The molecule has 1 aromatic carbocycles. The van der Waals surface area contributed by atoms with Crippen molar-refractivity contribution in [3.63, 3.8) is 0 Å². The fourth-order valence-corrected chi connectivity index (χ4v) is 3.64. The van der Waals surface area contributed by atoms with E-state index < -0.39 is 11.7 Å². The molecule has 8 nitrogen and oxygen atoms in total. The van der Waals surface area contributed by atoms with Crippen molar-refractivity contribution < 1.29 is 19.5 Å². The van der Waals surface area contributed by atoms with Crippen LogP contribution < -0.4 is 10.2 Å². The van der Waals surface area contributed by atoms with Crippen LogP contribution in [0.15, 0.2) is 40.2 Å². The number of ketones is 1. The van der Waals surface area contributed by atoms with Crippen molar-refractivity contribution in [1.29, 1.82) is 0 Å². The number of likely N-dealkylation sites (N-methyl/N-ethyl adjacent to an activating group) is 1. The molecule has 0 unspecified atom stereocenters. The molecule has 8 heteroatoms. The molecular weight excluding hydrogens is 372 g/mol. The third kappa shape index (κ3) is 3.30. The van der Waals surface area contributed by atoms with Crippen molar-refractivity contribution in [2.75, 3.05) is 30.4 Å². The van der Waals surface area contributed by atoms with Crippen LogP contribution in [0.1, 0.15) is 33.3 Å². The van der Waals surface area contributed by atoms with Crippen molar-refractivity contribution in [1.82, 2.24) is 5.01 Å². The van der Waals surface area contributed by atoms with E-state index in [2.05, 4.69) is 15.3 Å². The quantitative estimate of drug-likeness (QED) is 0.745. The summed E-state index contributed by atoms with van der Waals surface area (Å²) in [7, 11) is 1.49. The van der Waals surface area contributed by atoms with E-state index in [0.717, 1.165) is 23.8 Å². The molecule has 0 atom stereocenters. The fourth-order valence-electron chi connectivity index (χ4n) is 3.64. The van der Waals surface area contributed by atoms with E-state index in [9.17, 15) is 19.5 Å². The lowest BCUT2D eigenvalue weighted by Crippen LogP contribution is -2.28. The van der Waals surface area contributed by atoms with Crippen LogP contribution in [0.5, 0.6) is 0 Å². The number of amides is 2. The molecule has 0 saturated carbocycles. The average molecular weight is 396 g/mol. The second-order valence-corrected chi connectivity index (χ2v) is 6.90. The molecule has 1 aliphatic carbocycles. The lowest BCUT2D eigenvalue weighted by atomic mass is 9.79. The SMILES string of the molecule is CCN(CC)c1ccc(C2=C(O)C(=C3C(=O)N(C)N=C3C)C2=O)c(NC(C)=O)c1. The minimum absolute atomic E-state index is 0.0304. The van der Waals surface area contributed by atoms with Gasteiger partial charge in [0.1, 0.15) is 5.76 Å². The second-order valence-electron chi connectivity index (χ2n) is 6.90. The van der Waals surface area contributed by atoms with Gasteiger partial charge in [-0.2, -0.15) is 5.10 Å². The van der Waals surface area contributed by atoms with E-state index in [1.165, 1.54) is 14.0 Å². The van der Waals surface area contributed by atoms with E-state index in [1.54, 1.807) is 19.1 Å². The number of aliphatic hydroxyl groups excluding tert-OH is 1. The van der Waals surface area contributed by atoms with E-state index in [4.69, 9.17) is 0 Å². The minimum atomic E-state index is -0.446. The number of nitrogens with one attached hydrogen (secondary N) is 1. The fraction of sp³-hybridized carbons (Fsp3) is 0.333. The van der Waals surface area contributed by atoms with Crippen molar-refractivity contribution in [2.24, 2.45) is 5.10 Å². The number of allylic oxidation sites excluding steroid dienone is 2. The number of aliphatic hydroxyl groups is 1. The van der Waals surface area contributed by atoms with Crippen LogP contribution in [0.25, 0.3) is 5.57 Å². The largest absolute Gasteiger partial charge is 0.506 e. The molecule has 152 valence electrons. The van der Waals surface area contributed by atoms with Crippen molar-refractivity contribution in [3.8, 4) is 0 Å². The number of hydrogen-bond donors (Lipinski definition) is 2. The maximum absolute atomic E-state index is 12.9. The highest BCUT2D eigenvalue weighted by molar-refractivity contribution is 6.44. The van der Waals surface area contributed by atoms with E-state index in [-0.39, 0.29) is 28.4 Å². The van der Waals surface area contributed by atoms with Gasteiger partial charge in [0.25, 0.3) is 5.91 Å². The van der Waals surface area contributed by atoms with E-state index in [0.29, 0.717) is 17.0 Å². The number of nitrogens with zero attached hydrogens (tertiary/aromatic N) is 3. The number of carbonyl (C=O) groups excluding carboxylic acids is 3. The van der Waals surface area contributed by atoms with Gasteiger partial charge in [-0.1, -0.05) is 0 Å². The summed E-state index contributed by atoms with van der Waals surface area (Å²) in [5.74, 6) is -1.43. The maximum Gasteiger partial charge on any atom is 0.276 e. The van der Waals surface area contributed by atoms with Gasteiger partial charge in [0.05, 0.1) is 28.1 Å². The van der Waals surface area contributed by atoms with Gasteiger partial charge in [0, 0.05) is 38.3 Å². The molecule has 0 bridgehead atoms. The second kappa shape index (κ2) is 7.54. The summed E-state index contributed by atoms with van der Waals surface area (Å²) in [6.45, 7) is 8.61. The van der Waals surface area contributed by atoms with Gasteiger partial charge in [0.15, 0.2) is 0 Å². The van der Waals surface area contributed by atoms with Crippen LogP contribution in [0.3, 0.4) is 0 Å². The smallest absolute Gasteiger partial charge is 0.276 e. The zero-order valence-corrected chi connectivity index (χ0v) is 17.2. The molecule has 2 aliphatic rings. The molecule has 1 aromatic rings. The number of hydrazone groups is 1. The van der Waals surface area contributed by atoms with Crippen molar-refractivity contribution in [3.05, 3.63) is 40.7 Å². The van der Waals surface area contributed by atoms with Crippen molar-refractivity contribution >= 4 is 40.3 Å². The number of Topliss-reactive ketones (excluding diaryl/α,β-unsaturated/α-hetero) is 1. The Morgan fingerprint density at radius 3 is 2.31 bits per heavy atom. The van der Waals surface area contributed by atoms with Crippen LogP contribution in [-0.4, -0.2) is 53.6 Å². The Morgan fingerprint density at radius 1 is 1.17 bits per heavy atom. The summed E-state index contributed by atoms with van der Waals surface area (Å²) in [5.41, 5.74) is 2.28. The highest BCUT2D eigenvalue weighted by Crippen LogP contribution is 2.42. The molecule has 3 rings (SSSR count). The Bertz CT molecular complexity index is 1020. The monoisotopic (exact) mass is 396 g/mol. The van der Waals surface area contributed by atoms with E-state index in [1.807, 2.05) is 19.9 Å². The summed E-state index contributed by atoms with van der Waals surface area (Å²) < 4.78 is 0. The molecule has 0 spiro atoms. The predicted molar refractivity (Wildman–Crippen MR) is 112 cm³/mol. The zero-order chi connectivity index (χ0) is 21.5. The summed E-state index contributed by atoms with van der Waals surface area (Å²) in [6.07, 6.45) is 0. The van der Waals surface area contributed by atoms with Crippen LogP contribution in [0.4, 0.5) is 11.4 Å². The third-order valence-corrected chi connectivity index (χ3v) is 5.06. The van der Waals surface area contributed by atoms with E-state index >= 15 is 0 Å². The van der Waals surface area contributed by atoms with Gasteiger partial charge < -0.3 is 15.3 Å². The topological polar surface area (TPSA) is 102 Å². The van der Waals surface area contributed by atoms with Crippen LogP contribution in [0, 0.1) is 0 Å². The molecule has 0 fully saturated rings. The summed E-state index contributed by atoms with van der Waals surface area (Å²) >= 11 is 0. The standard InChI is InChI=1S/C21H24N4O4/c1-6-25(7-2)13-8-9-14(15(10-13)22-12(4)26)17-19(27)18(20(17)28)16-11(3)23-24(5)21(16)29/h8-10,27H,6-7H2,1-5H3,(H,22,26). The van der Waals surface area contributed by atoms with Gasteiger partial charge in [-0.15, -0.1) is 0 Å². The number of rotatable bonds is 5. The minimum Gasteiger partial charge on any atom is -0.506 e. The summed E-state index contributed by atoms with van der Waals surface area (Å²) in [4.78, 5) is 39.0. The molecule has 0 saturated heterocycles. The Kier molecular flexibility index (Phi) is 5.28. The molecule has 0 radical (unpaired) electrons. The van der Waals surface area contributed by atoms with Crippen LogP contribution in [-0.2, 0) is 14.4 Å². The van der Waals surface area contributed by atoms with Gasteiger partial charge >= 0.3 is 0 Å². The first-order chi connectivity index (χ1) is 13.7. The Morgan fingerprint density at radius 2 is 1.83 bits per heavy atom. The molecule has 1 heterocycles. The van der Waals surface area contributed by atoms with Gasteiger partial charge in [0.2, 0.25) is 11.7 Å². The highest BCUT2D eigenvalue weighted by Gasteiger charge is 2.42. The van der Waals surface area contributed by atoms with Crippen molar-refractivity contribution in [2.45, 2.75) is 27.7 Å². The Labute approximate surface area is 169 Å². The lowest BCUT2D eigenvalue weighted by molar-refractivity contribution is -0.125. The molecule has 0 aromatic heterocycles. The first-order valence-electron chi connectivity index (χ1n) is 9.44. The molecule has 1 aliphatic heterocycles. The van der Waals surface area contributed by atoms with Crippen LogP contribution >= 0.6 is 0 Å². The number of hydrogen-bond acceptors (Lipinski definition) is 6. The van der Waals surface area contributed by atoms with Gasteiger partial charge in [-0.25, -0.2) is 5.01 Å². The Balaban J connectivity index is 2.12. The maximum atomic E-state index is 12.9. The Hall–Kier alpha value is -3.42. The zero-order valence-electron chi connectivity index (χ0n) is 17.2. The molecule has 29 heavy (non-hydrogen) atoms. The van der Waals surface area contributed by atoms with Crippen LogP contribution in [0.2, 0.25) is 0 Å². The summed E-state index contributed by atoms with van der Waals surface area (Å²) in [6, 6.07) is 5.32. The molecule has 2 N–H and O–H groups in total. The summed E-state index contributed by atoms with van der Waals surface area (Å²) in [5, 5.41) is 18.6. The third-order valence-electron chi connectivity index (χ3n) is 5.06. The average Bonchev–Trinajstić information content (AvgIpc) is 2.90. The normalized spacial score (nSPS) is 18.8. The first-order valence-corrected chi connectivity index (χ1v) is 9.44. The number of benzene rings is 1. The number of carbonyl (C=O) groups is 3. The molecular formula is C21H24N4O4.